The van der Waals surface area contributed by atoms with Crippen molar-refractivity contribution in [3.63, 3.8) is 0 Å². The van der Waals surface area contributed by atoms with E-state index in [1.807, 2.05) is 45.0 Å². The minimum absolute atomic E-state index is 0.297. The number of nitrogens with one attached hydrogen (secondary N) is 1. The number of nitrogens with zero attached hydrogens (tertiary/aromatic N) is 1. The maximum atomic E-state index is 11.8. The molecule has 0 heterocycles. The molecule has 0 bridgehead atoms. The van der Waals surface area contributed by atoms with E-state index in [-0.39, 0.29) is 6.09 Å². The molecule has 0 saturated carbocycles. The average Bonchev–Trinajstić information content (AvgIpc) is 2.42. The van der Waals surface area contributed by atoms with E-state index in [1.165, 1.54) is 5.56 Å². The second-order valence-corrected chi connectivity index (χ2v) is 5.93. The summed E-state index contributed by atoms with van der Waals surface area (Å²) in [4.78, 5) is 13.3. The van der Waals surface area contributed by atoms with E-state index < -0.39 is 5.60 Å². The first kappa shape index (κ1) is 17.3. The molecule has 0 aliphatic heterocycles. The first-order chi connectivity index (χ1) is 9.81. The predicted molar refractivity (Wildman–Crippen MR) is 83.6 cm³/mol. The van der Waals surface area contributed by atoms with E-state index in [0.29, 0.717) is 13.1 Å². The van der Waals surface area contributed by atoms with Crippen LogP contribution in [0.2, 0.25) is 0 Å². The van der Waals surface area contributed by atoms with E-state index in [0.717, 1.165) is 12.3 Å². The van der Waals surface area contributed by atoms with Crippen LogP contribution in [0.1, 0.15) is 26.3 Å². The largest absolute Gasteiger partial charge is 0.497 e. The molecule has 1 aromatic carbocycles. The molecule has 21 heavy (non-hydrogen) atoms. The van der Waals surface area contributed by atoms with Gasteiger partial charge in [-0.15, -0.1) is 0 Å². The fraction of sp³-hybridized carbons (Fsp3) is 0.562. The van der Waals surface area contributed by atoms with Gasteiger partial charge in [0.2, 0.25) is 0 Å². The third-order valence-corrected chi connectivity index (χ3v) is 2.82. The molecule has 0 aromatic heterocycles. The first-order valence-electron chi connectivity index (χ1n) is 7.09. The molecule has 1 amide bonds. The van der Waals surface area contributed by atoms with Crippen LogP contribution in [-0.4, -0.2) is 43.8 Å². The van der Waals surface area contributed by atoms with Gasteiger partial charge in [-0.3, -0.25) is 0 Å². The van der Waals surface area contributed by atoms with E-state index in [4.69, 9.17) is 9.47 Å². The summed E-state index contributed by atoms with van der Waals surface area (Å²) in [6.07, 6.45) is -0.297. The molecule has 1 rings (SSSR count). The lowest BCUT2D eigenvalue weighted by Crippen LogP contribution is -2.37. The van der Waals surface area contributed by atoms with Crippen LogP contribution in [0.3, 0.4) is 0 Å². The summed E-state index contributed by atoms with van der Waals surface area (Å²) in [7, 11) is 3.39. The number of hydrogen-bond donors (Lipinski definition) is 1. The lowest BCUT2D eigenvalue weighted by molar-refractivity contribution is 0.0300. The Morgan fingerprint density at radius 1 is 1.24 bits per heavy atom. The molecule has 5 nitrogen and oxygen atoms in total. The summed E-state index contributed by atoms with van der Waals surface area (Å²) in [5, 5.41) is 3.30. The smallest absolute Gasteiger partial charge is 0.410 e. The molecule has 0 unspecified atom stereocenters. The van der Waals surface area contributed by atoms with E-state index in [2.05, 4.69) is 5.32 Å². The van der Waals surface area contributed by atoms with Crippen LogP contribution in [0.5, 0.6) is 5.75 Å². The van der Waals surface area contributed by atoms with Gasteiger partial charge in [0.15, 0.2) is 0 Å². The number of carbonyl (C=O) groups is 1. The summed E-state index contributed by atoms with van der Waals surface area (Å²) < 4.78 is 10.4. The first-order valence-corrected chi connectivity index (χ1v) is 7.09. The van der Waals surface area contributed by atoms with Crippen molar-refractivity contribution in [2.75, 3.05) is 27.2 Å². The van der Waals surface area contributed by atoms with E-state index >= 15 is 0 Å². The van der Waals surface area contributed by atoms with Crippen molar-refractivity contribution in [1.82, 2.24) is 10.2 Å². The van der Waals surface area contributed by atoms with Crippen molar-refractivity contribution in [3.05, 3.63) is 29.8 Å². The number of hydrogen-bond acceptors (Lipinski definition) is 4. The van der Waals surface area contributed by atoms with Gasteiger partial charge in [0.05, 0.1) is 7.11 Å². The number of ether oxygens (including phenoxy) is 2. The zero-order valence-corrected chi connectivity index (χ0v) is 13.6. The van der Waals surface area contributed by atoms with Crippen LogP contribution >= 0.6 is 0 Å². The van der Waals surface area contributed by atoms with E-state index in [1.54, 1.807) is 19.1 Å². The average molecular weight is 294 g/mol. The van der Waals surface area contributed by atoms with Gasteiger partial charge in [0.25, 0.3) is 0 Å². The highest BCUT2D eigenvalue weighted by atomic mass is 16.6. The Labute approximate surface area is 127 Å². The molecule has 0 spiro atoms. The lowest BCUT2D eigenvalue weighted by Gasteiger charge is -2.24. The number of benzene rings is 1. The highest BCUT2D eigenvalue weighted by molar-refractivity contribution is 5.67. The summed E-state index contributed by atoms with van der Waals surface area (Å²) in [5.74, 6) is 0.850. The van der Waals surface area contributed by atoms with Gasteiger partial charge in [-0.05, 0) is 38.5 Å². The van der Waals surface area contributed by atoms with Gasteiger partial charge in [0, 0.05) is 26.7 Å². The van der Waals surface area contributed by atoms with Crippen LogP contribution in [0.25, 0.3) is 0 Å². The quantitative estimate of drug-likeness (QED) is 0.820. The second-order valence-electron chi connectivity index (χ2n) is 5.93. The molecule has 118 valence electrons. The number of likely N-dealkylation sites (N-methyl/N-ethyl adjacent to an activating group) is 1. The molecular weight excluding hydrogens is 268 g/mol. The van der Waals surface area contributed by atoms with Gasteiger partial charge < -0.3 is 19.7 Å². The summed E-state index contributed by atoms with van der Waals surface area (Å²) in [6, 6.07) is 7.90. The van der Waals surface area contributed by atoms with Crippen molar-refractivity contribution >= 4 is 6.09 Å². The highest BCUT2D eigenvalue weighted by Crippen LogP contribution is 2.11. The van der Waals surface area contributed by atoms with Gasteiger partial charge in [-0.1, -0.05) is 12.1 Å². The maximum absolute atomic E-state index is 11.8. The monoisotopic (exact) mass is 294 g/mol. The predicted octanol–water partition coefficient (Wildman–Crippen LogP) is 2.65. The van der Waals surface area contributed by atoms with Gasteiger partial charge in [-0.25, -0.2) is 4.79 Å². The van der Waals surface area contributed by atoms with Gasteiger partial charge in [-0.2, -0.15) is 0 Å². The standard InChI is InChI=1S/C16H26N2O3/c1-16(2,3)21-15(19)18(4)11-10-17-12-13-6-8-14(20-5)9-7-13/h6-9,17H,10-12H2,1-5H3. The Hall–Kier alpha value is -1.75. The third kappa shape index (κ3) is 6.99. The van der Waals surface area contributed by atoms with Gasteiger partial charge in [0.1, 0.15) is 11.4 Å². The molecule has 0 fully saturated rings. The molecule has 0 saturated heterocycles. The van der Waals surface area contributed by atoms with Crippen molar-refractivity contribution in [2.24, 2.45) is 0 Å². The van der Waals surface area contributed by atoms with Crippen molar-refractivity contribution in [2.45, 2.75) is 32.9 Å². The van der Waals surface area contributed by atoms with Crippen LogP contribution in [0, 0.1) is 0 Å². The normalized spacial score (nSPS) is 11.1. The molecule has 0 radical (unpaired) electrons. The SMILES string of the molecule is COc1ccc(CNCCN(C)C(=O)OC(C)(C)C)cc1. The number of methoxy groups -OCH3 is 1. The van der Waals surface area contributed by atoms with Crippen LogP contribution in [0.15, 0.2) is 24.3 Å². The Kier molecular flexibility index (Phi) is 6.49. The Bertz CT molecular complexity index is 438. The maximum Gasteiger partial charge on any atom is 0.410 e. The highest BCUT2D eigenvalue weighted by Gasteiger charge is 2.18. The van der Waals surface area contributed by atoms with Crippen molar-refractivity contribution in [1.29, 1.82) is 0 Å². The molecule has 0 aliphatic carbocycles. The number of rotatable bonds is 6. The molecule has 5 heteroatoms. The van der Waals surface area contributed by atoms with E-state index in [9.17, 15) is 4.79 Å². The number of amides is 1. The van der Waals surface area contributed by atoms with Gasteiger partial charge >= 0.3 is 6.09 Å². The summed E-state index contributed by atoms with van der Waals surface area (Å²) >= 11 is 0. The van der Waals surface area contributed by atoms with Crippen LogP contribution in [-0.2, 0) is 11.3 Å². The minimum Gasteiger partial charge on any atom is -0.497 e. The Morgan fingerprint density at radius 3 is 2.38 bits per heavy atom. The van der Waals surface area contributed by atoms with Crippen molar-refractivity contribution in [3.8, 4) is 5.75 Å². The second kappa shape index (κ2) is 7.88. The topological polar surface area (TPSA) is 50.8 Å². The van der Waals surface area contributed by atoms with Crippen molar-refractivity contribution < 1.29 is 14.3 Å². The Balaban J connectivity index is 2.25. The molecular formula is C16H26N2O3. The molecule has 1 N–H and O–H groups in total. The zero-order valence-electron chi connectivity index (χ0n) is 13.6. The number of carbonyl (C=O) groups excluding carboxylic acids is 1. The fourth-order valence-electron chi connectivity index (χ4n) is 1.65. The lowest BCUT2D eigenvalue weighted by atomic mass is 10.2. The Morgan fingerprint density at radius 2 is 1.86 bits per heavy atom. The molecule has 0 aliphatic rings. The molecule has 1 aromatic rings. The van der Waals surface area contributed by atoms with Crippen LogP contribution in [0.4, 0.5) is 4.79 Å². The molecule has 0 atom stereocenters. The minimum atomic E-state index is -0.456. The zero-order chi connectivity index (χ0) is 15.9. The third-order valence-electron chi connectivity index (χ3n) is 2.82. The summed E-state index contributed by atoms with van der Waals surface area (Å²) in [5.41, 5.74) is 0.720. The summed E-state index contributed by atoms with van der Waals surface area (Å²) in [6.45, 7) is 7.65. The fourth-order valence-corrected chi connectivity index (χ4v) is 1.65. The van der Waals surface area contributed by atoms with Crippen LogP contribution < -0.4 is 10.1 Å².